The summed E-state index contributed by atoms with van der Waals surface area (Å²) in [6, 6.07) is 1.01. The zero-order chi connectivity index (χ0) is 15.5. The number of carbonyl (C=O) groups is 1. The van der Waals surface area contributed by atoms with Crippen LogP contribution in [0.1, 0.15) is 39.0 Å². The number of nitrogens with zero attached hydrogens (tertiary/aromatic N) is 1. The number of alkyl halides is 3. The molecule has 1 amide bonds. The van der Waals surface area contributed by atoms with Gasteiger partial charge >= 0.3 is 6.18 Å². The Balaban J connectivity index is 1.87. The number of nitrogens with one attached hydrogen (secondary N) is 1. The zero-order valence-corrected chi connectivity index (χ0v) is 12.3. The van der Waals surface area contributed by atoms with Gasteiger partial charge in [-0.2, -0.15) is 13.2 Å². The van der Waals surface area contributed by atoms with Crippen molar-refractivity contribution in [2.24, 2.45) is 0 Å². The molecular weight excluding hydrogens is 285 g/mol. The second-order valence-corrected chi connectivity index (χ2v) is 5.96. The Morgan fingerprint density at radius 3 is 2.43 bits per heavy atom. The third-order valence-corrected chi connectivity index (χ3v) is 4.17. The van der Waals surface area contributed by atoms with Crippen molar-refractivity contribution < 1.29 is 22.7 Å². The van der Waals surface area contributed by atoms with E-state index < -0.39 is 19.4 Å². The molecule has 0 aromatic heterocycles. The molecule has 7 heteroatoms. The normalized spacial score (nSPS) is 28.7. The Labute approximate surface area is 123 Å². The summed E-state index contributed by atoms with van der Waals surface area (Å²) in [6.07, 6.45) is 0.441. The van der Waals surface area contributed by atoms with Gasteiger partial charge in [-0.1, -0.05) is 6.92 Å². The number of carbonyl (C=O) groups excluding carboxylic acids is 1. The Bertz CT molecular complexity index is 351. The van der Waals surface area contributed by atoms with E-state index in [-0.39, 0.29) is 11.9 Å². The van der Waals surface area contributed by atoms with E-state index in [1.807, 2.05) is 6.92 Å². The molecule has 2 unspecified atom stereocenters. The van der Waals surface area contributed by atoms with Crippen molar-refractivity contribution in [3.05, 3.63) is 0 Å². The van der Waals surface area contributed by atoms with Crippen LogP contribution in [0.25, 0.3) is 0 Å². The molecule has 2 fully saturated rings. The number of hydrogen-bond donors (Lipinski definition) is 1. The molecule has 2 aliphatic heterocycles. The average Bonchev–Trinajstić information content (AvgIpc) is 2.73. The van der Waals surface area contributed by atoms with Gasteiger partial charge in [0.1, 0.15) is 13.2 Å². The molecule has 1 N–H and O–H groups in total. The molecule has 0 aliphatic carbocycles. The molecule has 2 bridgehead atoms. The third kappa shape index (κ3) is 4.85. The summed E-state index contributed by atoms with van der Waals surface area (Å²) >= 11 is 0. The minimum atomic E-state index is -4.39. The van der Waals surface area contributed by atoms with Gasteiger partial charge in [0.05, 0.1) is 0 Å². The summed E-state index contributed by atoms with van der Waals surface area (Å²) in [6.45, 7) is 0.694. The number of fused-ring (bicyclic) bond motifs is 2. The van der Waals surface area contributed by atoms with E-state index in [1.54, 1.807) is 4.90 Å². The van der Waals surface area contributed by atoms with Crippen molar-refractivity contribution in [1.82, 2.24) is 10.2 Å². The van der Waals surface area contributed by atoms with Gasteiger partial charge in [-0.15, -0.1) is 0 Å². The maximum Gasteiger partial charge on any atom is 0.411 e. The number of rotatable bonds is 6. The molecule has 122 valence electrons. The number of hydrogen-bond acceptors (Lipinski definition) is 3. The molecule has 0 radical (unpaired) electrons. The summed E-state index contributed by atoms with van der Waals surface area (Å²) in [5.41, 5.74) is 0. The fraction of sp³-hybridized carbons (Fsp3) is 0.929. The molecule has 21 heavy (non-hydrogen) atoms. The molecule has 0 spiro atoms. The highest BCUT2D eigenvalue weighted by atomic mass is 19.4. The highest BCUT2D eigenvalue weighted by molar-refractivity contribution is 5.77. The standard InChI is InChI=1S/C14H23F3N2O2/c1-2-5-19(13(20)8-21-9-14(15,16)17)12-6-10-3-4-11(7-12)18-10/h10-12,18H,2-9H2,1H3. The van der Waals surface area contributed by atoms with E-state index in [0.29, 0.717) is 18.6 Å². The molecule has 0 aromatic carbocycles. The van der Waals surface area contributed by atoms with Crippen molar-refractivity contribution >= 4 is 5.91 Å². The summed E-state index contributed by atoms with van der Waals surface area (Å²) in [5.74, 6) is -0.326. The Hall–Kier alpha value is -0.820. The lowest BCUT2D eigenvalue weighted by Gasteiger charge is -2.37. The molecule has 2 atom stereocenters. The lowest BCUT2D eigenvalue weighted by molar-refractivity contribution is -0.178. The van der Waals surface area contributed by atoms with E-state index in [1.165, 1.54) is 0 Å². The maximum absolute atomic E-state index is 12.2. The molecule has 2 heterocycles. The smallest absolute Gasteiger partial charge is 0.362 e. The van der Waals surface area contributed by atoms with Crippen LogP contribution >= 0.6 is 0 Å². The van der Waals surface area contributed by atoms with Crippen LogP contribution in [0.4, 0.5) is 13.2 Å². The van der Waals surface area contributed by atoms with Crippen LogP contribution in [0.2, 0.25) is 0 Å². The SMILES string of the molecule is CCCN(C(=O)COCC(F)(F)F)C1CC2CCC(C1)N2. The van der Waals surface area contributed by atoms with Gasteiger partial charge < -0.3 is 15.0 Å². The predicted molar refractivity (Wildman–Crippen MR) is 71.8 cm³/mol. The monoisotopic (exact) mass is 308 g/mol. The van der Waals surface area contributed by atoms with Crippen molar-refractivity contribution in [1.29, 1.82) is 0 Å². The first-order valence-electron chi connectivity index (χ1n) is 7.59. The quantitative estimate of drug-likeness (QED) is 0.817. The van der Waals surface area contributed by atoms with Gasteiger partial charge in [-0.3, -0.25) is 4.79 Å². The van der Waals surface area contributed by atoms with Crippen molar-refractivity contribution in [2.45, 2.75) is 63.3 Å². The molecule has 2 aliphatic rings. The van der Waals surface area contributed by atoms with Gasteiger partial charge in [0.2, 0.25) is 5.91 Å². The number of ether oxygens (including phenoxy) is 1. The van der Waals surface area contributed by atoms with Gasteiger partial charge in [-0.25, -0.2) is 0 Å². The van der Waals surface area contributed by atoms with Gasteiger partial charge in [0.15, 0.2) is 0 Å². The zero-order valence-electron chi connectivity index (χ0n) is 12.3. The third-order valence-electron chi connectivity index (χ3n) is 4.17. The first kappa shape index (κ1) is 16.5. The van der Waals surface area contributed by atoms with Crippen LogP contribution in [0.3, 0.4) is 0 Å². The average molecular weight is 308 g/mol. The van der Waals surface area contributed by atoms with Crippen LogP contribution < -0.4 is 5.32 Å². The second kappa shape index (κ2) is 6.96. The Morgan fingerprint density at radius 1 is 1.29 bits per heavy atom. The molecule has 2 saturated heterocycles. The molecule has 4 nitrogen and oxygen atoms in total. The van der Waals surface area contributed by atoms with Gasteiger partial charge in [-0.05, 0) is 32.1 Å². The van der Waals surface area contributed by atoms with E-state index in [4.69, 9.17) is 0 Å². The van der Waals surface area contributed by atoms with Gasteiger partial charge in [0.25, 0.3) is 0 Å². The lowest BCUT2D eigenvalue weighted by atomic mass is 9.98. The van der Waals surface area contributed by atoms with E-state index in [0.717, 1.165) is 32.1 Å². The molecular formula is C14H23F3N2O2. The van der Waals surface area contributed by atoms with Crippen LogP contribution in [-0.4, -0.2) is 54.9 Å². The van der Waals surface area contributed by atoms with Crippen LogP contribution in [0.5, 0.6) is 0 Å². The minimum Gasteiger partial charge on any atom is -0.362 e. The minimum absolute atomic E-state index is 0.130. The van der Waals surface area contributed by atoms with E-state index in [2.05, 4.69) is 10.1 Å². The first-order chi connectivity index (χ1) is 9.89. The van der Waals surface area contributed by atoms with Crippen molar-refractivity contribution in [3.63, 3.8) is 0 Å². The predicted octanol–water partition coefficient (Wildman–Crippen LogP) is 2.09. The largest absolute Gasteiger partial charge is 0.411 e. The van der Waals surface area contributed by atoms with Crippen LogP contribution in [-0.2, 0) is 9.53 Å². The van der Waals surface area contributed by atoms with Crippen molar-refractivity contribution in [3.8, 4) is 0 Å². The first-order valence-corrected chi connectivity index (χ1v) is 7.59. The molecule has 0 aromatic rings. The fourth-order valence-corrected chi connectivity index (χ4v) is 3.37. The van der Waals surface area contributed by atoms with Crippen LogP contribution in [0.15, 0.2) is 0 Å². The number of amides is 1. The highest BCUT2D eigenvalue weighted by Crippen LogP contribution is 2.30. The summed E-state index contributed by atoms with van der Waals surface area (Å²) in [7, 11) is 0. The summed E-state index contributed by atoms with van der Waals surface area (Å²) in [4.78, 5) is 13.9. The lowest BCUT2D eigenvalue weighted by Crippen LogP contribution is -2.51. The van der Waals surface area contributed by atoms with Crippen LogP contribution in [0, 0.1) is 0 Å². The van der Waals surface area contributed by atoms with E-state index in [9.17, 15) is 18.0 Å². The number of piperidine rings is 1. The van der Waals surface area contributed by atoms with Crippen molar-refractivity contribution in [2.75, 3.05) is 19.8 Å². The Kier molecular flexibility index (Phi) is 5.48. The maximum atomic E-state index is 12.2. The molecule has 0 saturated carbocycles. The second-order valence-electron chi connectivity index (χ2n) is 5.96. The molecule has 2 rings (SSSR count). The Morgan fingerprint density at radius 2 is 1.90 bits per heavy atom. The van der Waals surface area contributed by atoms with E-state index >= 15 is 0 Å². The van der Waals surface area contributed by atoms with Gasteiger partial charge in [0, 0.05) is 24.7 Å². The number of halogens is 3. The fourth-order valence-electron chi connectivity index (χ4n) is 3.37. The summed E-state index contributed by atoms with van der Waals surface area (Å²) in [5, 5.41) is 3.50. The topological polar surface area (TPSA) is 41.6 Å². The highest BCUT2D eigenvalue weighted by Gasteiger charge is 2.37. The summed E-state index contributed by atoms with van der Waals surface area (Å²) < 4.78 is 40.7.